The number of ether oxygens (including phenoxy) is 1. The van der Waals surface area contributed by atoms with E-state index in [0.717, 1.165) is 64.2 Å². The first-order valence-corrected chi connectivity index (χ1v) is 25.4. The Morgan fingerprint density at radius 2 is 0.877 bits per heavy atom. The molecule has 0 heterocycles. The molecule has 0 aromatic heterocycles. The molecule has 3 N–H and O–H groups in total. The van der Waals surface area contributed by atoms with Crippen LogP contribution in [0.15, 0.2) is 12.2 Å². The topological polar surface area (TPSA) is 95.9 Å². The second kappa shape index (κ2) is 45.7. The standard InChI is InChI=1S/C51H99NO5/c1-4-7-10-13-16-19-21-23-24-25-26-28-29-31-34-37-40-43-49(54)48(46-53)52-50(55)45-47(42-39-36-33-18-15-12-9-6-3)57-51(56)44-41-38-35-32-30-27-22-20-17-14-11-8-5-2/h12,15,47-49,53-54H,4-11,13-14,16-46H2,1-3H3,(H,52,55)/b15-12-. The van der Waals surface area contributed by atoms with Gasteiger partial charge in [0.05, 0.1) is 25.2 Å². The van der Waals surface area contributed by atoms with Crippen LogP contribution < -0.4 is 5.32 Å². The zero-order valence-electron chi connectivity index (χ0n) is 38.5. The second-order valence-electron chi connectivity index (χ2n) is 17.6. The number of esters is 1. The maximum Gasteiger partial charge on any atom is 0.306 e. The van der Waals surface area contributed by atoms with E-state index < -0.39 is 18.2 Å². The van der Waals surface area contributed by atoms with Gasteiger partial charge in [0.25, 0.3) is 0 Å². The van der Waals surface area contributed by atoms with Crippen molar-refractivity contribution in [2.75, 3.05) is 6.61 Å². The second-order valence-corrected chi connectivity index (χ2v) is 17.6. The molecule has 0 fully saturated rings. The molecule has 3 atom stereocenters. The van der Waals surface area contributed by atoms with E-state index in [9.17, 15) is 19.8 Å². The SMILES string of the molecule is CCC/C=C\CCCCCC(CC(=O)NC(CO)C(O)CCCCCCCCCCCCCCCCCCC)OC(=O)CCCCCCCCCCCCCCC. The Morgan fingerprint density at radius 3 is 1.32 bits per heavy atom. The van der Waals surface area contributed by atoms with Crippen LogP contribution in [0.4, 0.5) is 0 Å². The van der Waals surface area contributed by atoms with Gasteiger partial charge in [0.2, 0.25) is 5.91 Å². The van der Waals surface area contributed by atoms with Crippen LogP contribution in [0.1, 0.15) is 278 Å². The van der Waals surface area contributed by atoms with Gasteiger partial charge in [-0.15, -0.1) is 0 Å². The Kier molecular flexibility index (Phi) is 44.6. The van der Waals surface area contributed by atoms with Crippen molar-refractivity contribution < 1.29 is 24.5 Å². The van der Waals surface area contributed by atoms with Crippen molar-refractivity contribution >= 4 is 11.9 Å². The predicted molar refractivity (Wildman–Crippen MR) is 246 cm³/mol. The van der Waals surface area contributed by atoms with Gasteiger partial charge in [-0.25, -0.2) is 0 Å². The minimum atomic E-state index is -0.785. The lowest BCUT2D eigenvalue weighted by Gasteiger charge is -2.24. The van der Waals surface area contributed by atoms with Gasteiger partial charge < -0.3 is 20.3 Å². The van der Waals surface area contributed by atoms with Gasteiger partial charge in [-0.3, -0.25) is 9.59 Å². The van der Waals surface area contributed by atoms with E-state index >= 15 is 0 Å². The fourth-order valence-corrected chi connectivity index (χ4v) is 7.96. The molecule has 1 amide bonds. The molecule has 0 rings (SSSR count). The van der Waals surface area contributed by atoms with Crippen LogP contribution in [-0.4, -0.2) is 46.9 Å². The minimum absolute atomic E-state index is 0.0725. The van der Waals surface area contributed by atoms with Gasteiger partial charge in [0.1, 0.15) is 6.10 Å². The molecule has 0 aliphatic rings. The van der Waals surface area contributed by atoms with E-state index in [4.69, 9.17) is 4.74 Å². The molecular formula is C51H99NO5. The smallest absolute Gasteiger partial charge is 0.306 e. The zero-order chi connectivity index (χ0) is 41.7. The fourth-order valence-electron chi connectivity index (χ4n) is 7.96. The van der Waals surface area contributed by atoms with Gasteiger partial charge in [-0.2, -0.15) is 0 Å². The first-order chi connectivity index (χ1) is 28.0. The maximum atomic E-state index is 13.1. The number of allylic oxidation sites excluding steroid dienone is 2. The highest BCUT2D eigenvalue weighted by Gasteiger charge is 2.24. The van der Waals surface area contributed by atoms with Gasteiger partial charge >= 0.3 is 5.97 Å². The van der Waals surface area contributed by atoms with Crippen molar-refractivity contribution in [1.82, 2.24) is 5.32 Å². The molecule has 0 saturated carbocycles. The van der Waals surface area contributed by atoms with Crippen molar-refractivity contribution in [3.8, 4) is 0 Å². The number of hydrogen-bond acceptors (Lipinski definition) is 5. The molecule has 0 aliphatic carbocycles. The highest BCUT2D eigenvalue weighted by Crippen LogP contribution is 2.18. The molecule has 0 bridgehead atoms. The van der Waals surface area contributed by atoms with Crippen LogP contribution in [0.5, 0.6) is 0 Å². The molecule has 0 aliphatic heterocycles. The number of carbonyl (C=O) groups is 2. The van der Waals surface area contributed by atoms with Crippen LogP contribution in [0.2, 0.25) is 0 Å². The van der Waals surface area contributed by atoms with Crippen LogP contribution in [0, 0.1) is 0 Å². The normalized spacial score (nSPS) is 13.3. The van der Waals surface area contributed by atoms with Crippen molar-refractivity contribution in [2.24, 2.45) is 0 Å². The van der Waals surface area contributed by atoms with Crippen LogP contribution in [-0.2, 0) is 14.3 Å². The Hall–Kier alpha value is -1.40. The van der Waals surface area contributed by atoms with Crippen molar-refractivity contribution in [3.63, 3.8) is 0 Å². The summed E-state index contributed by atoms with van der Waals surface area (Å²) >= 11 is 0. The Morgan fingerprint density at radius 1 is 0.491 bits per heavy atom. The maximum absolute atomic E-state index is 13.1. The molecule has 0 spiro atoms. The van der Waals surface area contributed by atoms with Crippen LogP contribution >= 0.6 is 0 Å². The monoisotopic (exact) mass is 806 g/mol. The average Bonchev–Trinajstić information content (AvgIpc) is 3.20. The zero-order valence-corrected chi connectivity index (χ0v) is 38.5. The van der Waals surface area contributed by atoms with E-state index in [-0.39, 0.29) is 24.9 Å². The van der Waals surface area contributed by atoms with E-state index in [2.05, 4.69) is 38.2 Å². The molecule has 3 unspecified atom stereocenters. The molecule has 338 valence electrons. The number of amides is 1. The third kappa shape index (κ3) is 41.1. The summed E-state index contributed by atoms with van der Waals surface area (Å²) in [5.41, 5.74) is 0. The molecule has 6 nitrogen and oxygen atoms in total. The lowest BCUT2D eigenvalue weighted by atomic mass is 10.0. The van der Waals surface area contributed by atoms with E-state index in [0.29, 0.717) is 19.3 Å². The molecule has 0 radical (unpaired) electrons. The van der Waals surface area contributed by atoms with E-state index in [1.54, 1.807) is 0 Å². The number of hydrogen-bond donors (Lipinski definition) is 3. The summed E-state index contributed by atoms with van der Waals surface area (Å²) in [5, 5.41) is 23.7. The van der Waals surface area contributed by atoms with Crippen LogP contribution in [0.3, 0.4) is 0 Å². The Balaban J connectivity index is 4.35. The third-order valence-electron chi connectivity index (χ3n) is 11.8. The number of carbonyl (C=O) groups excluding carboxylic acids is 2. The quantitative estimate of drug-likeness (QED) is 0.0323. The number of aliphatic hydroxyl groups excluding tert-OH is 2. The molecule has 6 heteroatoms. The van der Waals surface area contributed by atoms with Gasteiger partial charge in [-0.1, -0.05) is 232 Å². The van der Waals surface area contributed by atoms with Gasteiger partial charge in [0, 0.05) is 6.42 Å². The highest BCUT2D eigenvalue weighted by atomic mass is 16.5. The van der Waals surface area contributed by atoms with Crippen molar-refractivity contribution in [1.29, 1.82) is 0 Å². The lowest BCUT2D eigenvalue weighted by molar-refractivity contribution is -0.151. The number of rotatable bonds is 46. The lowest BCUT2D eigenvalue weighted by Crippen LogP contribution is -2.46. The number of unbranched alkanes of at least 4 members (excludes halogenated alkanes) is 32. The molecule has 0 saturated heterocycles. The molecule has 0 aromatic rings. The third-order valence-corrected chi connectivity index (χ3v) is 11.8. The van der Waals surface area contributed by atoms with Gasteiger partial charge in [0.15, 0.2) is 0 Å². The summed E-state index contributed by atoms with van der Waals surface area (Å²) < 4.78 is 5.89. The first kappa shape index (κ1) is 55.6. The number of aliphatic hydroxyl groups is 2. The Labute approximate surface area is 355 Å². The summed E-state index contributed by atoms with van der Waals surface area (Å²) in [5.74, 6) is -0.479. The van der Waals surface area contributed by atoms with Crippen molar-refractivity contribution in [3.05, 3.63) is 12.2 Å². The number of nitrogens with one attached hydrogen (secondary N) is 1. The molecule has 57 heavy (non-hydrogen) atoms. The summed E-state index contributed by atoms with van der Waals surface area (Å²) in [4.78, 5) is 26.0. The molecular weight excluding hydrogens is 707 g/mol. The predicted octanol–water partition coefficient (Wildman–Crippen LogP) is 15.0. The largest absolute Gasteiger partial charge is 0.462 e. The average molecular weight is 806 g/mol. The molecule has 0 aromatic carbocycles. The van der Waals surface area contributed by atoms with Crippen molar-refractivity contribution in [2.45, 2.75) is 296 Å². The summed E-state index contributed by atoms with van der Waals surface area (Å²) in [6.07, 6.45) is 50.0. The van der Waals surface area contributed by atoms with E-state index in [1.165, 1.54) is 167 Å². The van der Waals surface area contributed by atoms with Crippen LogP contribution in [0.25, 0.3) is 0 Å². The van der Waals surface area contributed by atoms with E-state index in [1.807, 2.05) is 0 Å². The summed E-state index contributed by atoms with van der Waals surface area (Å²) in [6.45, 7) is 6.43. The Bertz CT molecular complexity index is 863. The van der Waals surface area contributed by atoms with Gasteiger partial charge in [-0.05, 0) is 44.9 Å². The first-order valence-electron chi connectivity index (χ1n) is 25.4. The fraction of sp³-hybridized carbons (Fsp3) is 0.922. The summed E-state index contributed by atoms with van der Waals surface area (Å²) in [6, 6.07) is -0.699. The minimum Gasteiger partial charge on any atom is -0.462 e. The highest BCUT2D eigenvalue weighted by molar-refractivity contribution is 5.77. The summed E-state index contributed by atoms with van der Waals surface area (Å²) in [7, 11) is 0.